The Morgan fingerprint density at radius 2 is 2.18 bits per heavy atom. The highest BCUT2D eigenvalue weighted by molar-refractivity contribution is 5.92. The fraction of sp³-hybridized carbons (Fsp3) is 0.294. The van der Waals surface area contributed by atoms with Gasteiger partial charge in [-0.05, 0) is 54.7 Å². The third-order valence-electron chi connectivity index (χ3n) is 3.84. The van der Waals surface area contributed by atoms with Crippen LogP contribution in [0.3, 0.4) is 0 Å². The van der Waals surface area contributed by atoms with Gasteiger partial charge in [-0.1, -0.05) is 6.07 Å². The van der Waals surface area contributed by atoms with Gasteiger partial charge in [0.2, 0.25) is 0 Å². The maximum absolute atomic E-state index is 5.96. The molecule has 0 fully saturated rings. The van der Waals surface area contributed by atoms with Crippen LogP contribution in [0.25, 0.3) is 0 Å². The zero-order chi connectivity index (χ0) is 15.4. The van der Waals surface area contributed by atoms with Crippen molar-refractivity contribution in [3.05, 3.63) is 53.3 Å². The SMILES string of the molecule is COc1cccnc1CN=C(N)Nc1ccc2c(c1)CCC2. The molecule has 0 bridgehead atoms. The van der Waals surface area contributed by atoms with Crippen LogP contribution in [0.5, 0.6) is 5.75 Å². The van der Waals surface area contributed by atoms with Crippen molar-refractivity contribution in [1.82, 2.24) is 4.98 Å². The van der Waals surface area contributed by atoms with Crippen LogP contribution in [0.4, 0.5) is 5.69 Å². The summed E-state index contributed by atoms with van der Waals surface area (Å²) in [5.41, 5.74) is 10.6. The molecule has 3 rings (SSSR count). The van der Waals surface area contributed by atoms with Gasteiger partial charge in [-0.25, -0.2) is 4.99 Å². The molecule has 0 unspecified atom stereocenters. The van der Waals surface area contributed by atoms with Crippen molar-refractivity contribution in [2.75, 3.05) is 12.4 Å². The summed E-state index contributed by atoms with van der Waals surface area (Å²) in [6, 6.07) is 10.1. The zero-order valence-corrected chi connectivity index (χ0v) is 12.7. The van der Waals surface area contributed by atoms with Crippen molar-refractivity contribution in [2.45, 2.75) is 25.8 Å². The number of aliphatic imine (C=N–C) groups is 1. The van der Waals surface area contributed by atoms with E-state index in [-0.39, 0.29) is 0 Å². The molecule has 0 aliphatic heterocycles. The Labute approximate surface area is 130 Å². The normalized spacial score (nSPS) is 13.8. The summed E-state index contributed by atoms with van der Waals surface area (Å²) in [5.74, 6) is 1.10. The second-order valence-corrected chi connectivity index (χ2v) is 5.32. The third kappa shape index (κ3) is 3.19. The van der Waals surface area contributed by atoms with E-state index >= 15 is 0 Å². The van der Waals surface area contributed by atoms with E-state index in [1.165, 1.54) is 24.0 Å². The van der Waals surface area contributed by atoms with E-state index < -0.39 is 0 Å². The van der Waals surface area contributed by atoms with E-state index in [9.17, 15) is 0 Å². The first-order chi connectivity index (χ1) is 10.8. The molecule has 1 aliphatic rings. The first-order valence-electron chi connectivity index (χ1n) is 7.43. The molecule has 3 N–H and O–H groups in total. The van der Waals surface area contributed by atoms with E-state index in [1.807, 2.05) is 18.2 Å². The van der Waals surface area contributed by atoms with Crippen LogP contribution in [0, 0.1) is 0 Å². The van der Waals surface area contributed by atoms with Crippen LogP contribution in [-0.2, 0) is 19.4 Å². The number of aromatic nitrogens is 1. The third-order valence-corrected chi connectivity index (χ3v) is 3.84. The number of fused-ring (bicyclic) bond motifs is 1. The first-order valence-corrected chi connectivity index (χ1v) is 7.43. The molecule has 114 valence electrons. The minimum atomic E-state index is 0.380. The Balaban J connectivity index is 1.67. The predicted octanol–water partition coefficient (Wildman–Crippen LogP) is 2.51. The van der Waals surface area contributed by atoms with Crippen molar-refractivity contribution >= 4 is 11.6 Å². The molecule has 22 heavy (non-hydrogen) atoms. The summed E-state index contributed by atoms with van der Waals surface area (Å²) in [6.45, 7) is 0.383. The van der Waals surface area contributed by atoms with Gasteiger partial charge < -0.3 is 15.8 Å². The predicted molar refractivity (Wildman–Crippen MR) is 88.2 cm³/mol. The number of ether oxygens (including phenoxy) is 1. The van der Waals surface area contributed by atoms with Crippen molar-refractivity contribution < 1.29 is 4.74 Å². The number of hydrogen-bond donors (Lipinski definition) is 2. The van der Waals surface area contributed by atoms with E-state index in [0.29, 0.717) is 12.5 Å². The smallest absolute Gasteiger partial charge is 0.193 e. The van der Waals surface area contributed by atoms with Gasteiger partial charge in [0.05, 0.1) is 13.7 Å². The molecule has 5 nitrogen and oxygen atoms in total. The Kier molecular flexibility index (Phi) is 4.23. The van der Waals surface area contributed by atoms with Crippen LogP contribution < -0.4 is 15.8 Å². The number of aryl methyl sites for hydroxylation is 2. The fourth-order valence-electron chi connectivity index (χ4n) is 2.72. The molecule has 1 aromatic carbocycles. The lowest BCUT2D eigenvalue weighted by atomic mass is 10.1. The second-order valence-electron chi connectivity index (χ2n) is 5.32. The molecule has 0 radical (unpaired) electrons. The largest absolute Gasteiger partial charge is 0.495 e. The molecular formula is C17H20N4O. The Bertz CT molecular complexity index is 697. The molecule has 5 heteroatoms. The summed E-state index contributed by atoms with van der Waals surface area (Å²) in [6.07, 6.45) is 5.28. The van der Waals surface area contributed by atoms with Crippen LogP contribution in [-0.4, -0.2) is 18.1 Å². The van der Waals surface area contributed by atoms with Gasteiger partial charge in [-0.3, -0.25) is 4.98 Å². The van der Waals surface area contributed by atoms with Gasteiger partial charge in [-0.15, -0.1) is 0 Å². The number of guanidine groups is 1. The number of nitrogens with zero attached hydrogens (tertiary/aromatic N) is 2. The number of hydrogen-bond acceptors (Lipinski definition) is 3. The van der Waals surface area contributed by atoms with Crippen LogP contribution in [0.15, 0.2) is 41.5 Å². The van der Waals surface area contributed by atoms with Crippen molar-refractivity contribution in [2.24, 2.45) is 10.7 Å². The molecular weight excluding hydrogens is 276 g/mol. The van der Waals surface area contributed by atoms with Crippen molar-refractivity contribution in [1.29, 1.82) is 0 Å². The highest BCUT2D eigenvalue weighted by atomic mass is 16.5. The van der Waals surface area contributed by atoms with E-state index in [1.54, 1.807) is 13.3 Å². The second kappa shape index (κ2) is 6.47. The van der Waals surface area contributed by atoms with Gasteiger partial charge in [0.15, 0.2) is 5.96 Å². The highest BCUT2D eigenvalue weighted by Crippen LogP contribution is 2.24. The van der Waals surface area contributed by atoms with Gasteiger partial charge in [0, 0.05) is 11.9 Å². The molecule has 1 aromatic heterocycles. The summed E-state index contributed by atoms with van der Waals surface area (Å²) >= 11 is 0. The number of rotatable bonds is 4. The quantitative estimate of drug-likeness (QED) is 0.671. The fourth-order valence-corrected chi connectivity index (χ4v) is 2.72. The van der Waals surface area contributed by atoms with Gasteiger partial charge >= 0.3 is 0 Å². The minimum absolute atomic E-state index is 0.380. The van der Waals surface area contributed by atoms with Crippen molar-refractivity contribution in [3.8, 4) is 5.75 Å². The van der Waals surface area contributed by atoms with E-state index in [2.05, 4.69) is 27.4 Å². The molecule has 2 aromatic rings. The lowest BCUT2D eigenvalue weighted by Gasteiger charge is -2.08. The summed E-state index contributed by atoms with van der Waals surface area (Å²) in [7, 11) is 1.62. The Hall–Kier alpha value is -2.56. The molecule has 0 saturated carbocycles. The standard InChI is InChI=1S/C17H20N4O/c1-22-16-6-3-9-19-15(16)11-20-17(18)21-14-8-7-12-4-2-5-13(12)10-14/h3,6-10H,2,4-5,11H2,1H3,(H3,18,20,21). The van der Waals surface area contributed by atoms with Gasteiger partial charge in [0.25, 0.3) is 0 Å². The molecule has 0 saturated heterocycles. The van der Waals surface area contributed by atoms with Crippen LogP contribution >= 0.6 is 0 Å². The van der Waals surface area contributed by atoms with Crippen molar-refractivity contribution in [3.63, 3.8) is 0 Å². The number of pyridine rings is 1. The van der Waals surface area contributed by atoms with Crippen LogP contribution in [0.1, 0.15) is 23.2 Å². The lowest BCUT2D eigenvalue weighted by molar-refractivity contribution is 0.407. The van der Waals surface area contributed by atoms with E-state index in [0.717, 1.165) is 23.6 Å². The van der Waals surface area contributed by atoms with Crippen LogP contribution in [0.2, 0.25) is 0 Å². The minimum Gasteiger partial charge on any atom is -0.495 e. The number of anilines is 1. The number of benzene rings is 1. The number of nitrogens with two attached hydrogens (primary N) is 1. The molecule has 0 spiro atoms. The van der Waals surface area contributed by atoms with Gasteiger partial charge in [-0.2, -0.15) is 0 Å². The summed E-state index contributed by atoms with van der Waals surface area (Å²) in [5, 5.41) is 3.14. The molecule has 1 heterocycles. The topological polar surface area (TPSA) is 72.5 Å². The monoisotopic (exact) mass is 296 g/mol. The average molecular weight is 296 g/mol. The van der Waals surface area contributed by atoms with Gasteiger partial charge in [0.1, 0.15) is 11.4 Å². The maximum atomic E-state index is 5.96. The van der Waals surface area contributed by atoms with E-state index in [4.69, 9.17) is 10.5 Å². The summed E-state index contributed by atoms with van der Waals surface area (Å²) < 4.78 is 5.25. The highest BCUT2D eigenvalue weighted by Gasteiger charge is 2.11. The molecule has 0 amide bonds. The molecule has 0 atom stereocenters. The first kappa shape index (κ1) is 14.4. The maximum Gasteiger partial charge on any atom is 0.193 e. The average Bonchev–Trinajstić information content (AvgIpc) is 3.01. The number of methoxy groups -OCH3 is 1. The molecule has 1 aliphatic carbocycles. The number of nitrogens with one attached hydrogen (secondary N) is 1. The lowest BCUT2D eigenvalue weighted by Crippen LogP contribution is -2.22. The summed E-state index contributed by atoms with van der Waals surface area (Å²) in [4.78, 5) is 8.59. The zero-order valence-electron chi connectivity index (χ0n) is 12.7. The Morgan fingerprint density at radius 3 is 3.05 bits per heavy atom. The Morgan fingerprint density at radius 1 is 1.32 bits per heavy atom.